The highest BCUT2D eigenvalue weighted by molar-refractivity contribution is 6.30. The van der Waals surface area contributed by atoms with Gasteiger partial charge in [0.1, 0.15) is 5.75 Å². The van der Waals surface area contributed by atoms with E-state index in [1.807, 2.05) is 0 Å². The van der Waals surface area contributed by atoms with E-state index in [2.05, 4.69) is 30.2 Å². The molecule has 186 valence electrons. The van der Waals surface area contributed by atoms with Gasteiger partial charge in [-0.25, -0.2) is 18.8 Å². The molecule has 12 nitrogen and oxygen atoms in total. The lowest BCUT2D eigenvalue weighted by Crippen LogP contribution is -2.29. The molecule has 0 saturated carbocycles. The van der Waals surface area contributed by atoms with Crippen LogP contribution in [0.3, 0.4) is 0 Å². The number of benzene rings is 2. The Bertz CT molecular complexity index is 1510. The number of anilines is 1. The number of aromatic nitrogens is 4. The minimum Gasteiger partial charge on any atom is -0.419 e. The van der Waals surface area contributed by atoms with Crippen molar-refractivity contribution in [1.82, 2.24) is 20.0 Å². The summed E-state index contributed by atoms with van der Waals surface area (Å²) in [7, 11) is 0. The van der Waals surface area contributed by atoms with Crippen LogP contribution in [0.4, 0.5) is 19.0 Å². The van der Waals surface area contributed by atoms with E-state index in [1.165, 1.54) is 18.2 Å². The Morgan fingerprint density at radius 3 is 2.61 bits per heavy atom. The third-order valence-corrected chi connectivity index (χ3v) is 4.80. The Morgan fingerprint density at radius 1 is 1.14 bits per heavy atom. The lowest BCUT2D eigenvalue weighted by Gasteiger charge is -2.12. The van der Waals surface area contributed by atoms with E-state index in [0.29, 0.717) is 5.02 Å². The van der Waals surface area contributed by atoms with E-state index in [4.69, 9.17) is 21.9 Å². The molecule has 0 spiro atoms. The second-order valence-electron chi connectivity index (χ2n) is 6.92. The highest BCUT2D eigenvalue weighted by atomic mass is 35.5. The first-order valence-electron chi connectivity index (χ1n) is 9.69. The molecule has 16 heteroatoms. The van der Waals surface area contributed by atoms with E-state index in [9.17, 15) is 27.6 Å². The van der Waals surface area contributed by atoms with Gasteiger partial charge in [-0.05, 0) is 46.2 Å². The molecule has 0 fully saturated rings. The number of ether oxygens (including phenoxy) is 1. The van der Waals surface area contributed by atoms with E-state index in [-0.39, 0.29) is 35.1 Å². The maximum absolute atomic E-state index is 12.9. The second-order valence-corrected chi connectivity index (χ2v) is 7.36. The van der Waals surface area contributed by atoms with Crippen molar-refractivity contribution in [1.29, 1.82) is 0 Å². The Hall–Kier alpha value is -4.50. The molecule has 4 rings (SSSR count). The second kappa shape index (κ2) is 9.63. The molecule has 0 bridgehead atoms. The lowest BCUT2D eigenvalue weighted by molar-refractivity contribution is -0.189. The first-order chi connectivity index (χ1) is 17.1. The van der Waals surface area contributed by atoms with Gasteiger partial charge in [-0.2, -0.15) is 13.2 Å². The highest BCUT2D eigenvalue weighted by Crippen LogP contribution is 2.28. The van der Waals surface area contributed by atoms with Crippen molar-refractivity contribution in [2.75, 3.05) is 5.32 Å². The number of rotatable bonds is 6. The molecule has 0 saturated heterocycles. The summed E-state index contributed by atoms with van der Waals surface area (Å²) in [6, 6.07) is 9.51. The monoisotopic (exact) mass is 524 g/mol. The fourth-order valence-corrected chi connectivity index (χ4v) is 3.14. The summed E-state index contributed by atoms with van der Waals surface area (Å²) in [5.74, 6) is -5.83. The van der Waals surface area contributed by atoms with Crippen LogP contribution in [-0.2, 0) is 11.3 Å². The number of carbonyl (C=O) groups is 2. The molecule has 1 amide bonds. The highest BCUT2D eigenvalue weighted by Gasteiger charge is 2.42. The molecule has 3 N–H and O–H groups in total. The largest absolute Gasteiger partial charge is 0.491 e. The van der Waals surface area contributed by atoms with E-state index in [1.54, 1.807) is 12.1 Å². The van der Waals surface area contributed by atoms with Crippen LogP contribution in [0.5, 0.6) is 5.75 Å². The standard InChI is InChI=1S/C20H12ClF3N6O6/c21-10-2-1-3-11(7-10)30-16(29-35-19(30)33)14-15(28-36-27-14)26-17(31)12-5-4-9(8-25)6-13(12)34-18(32)20(22,23)24/h1-7H,8,25H2,(H,26,28,31). The third-order valence-electron chi connectivity index (χ3n) is 4.56. The van der Waals surface area contributed by atoms with Crippen molar-refractivity contribution in [3.63, 3.8) is 0 Å². The van der Waals surface area contributed by atoms with Crippen molar-refractivity contribution in [2.24, 2.45) is 5.73 Å². The minimum atomic E-state index is -5.31. The van der Waals surface area contributed by atoms with Crippen LogP contribution in [-0.4, -0.2) is 38.1 Å². The molecule has 0 aliphatic rings. The maximum Gasteiger partial charge on any atom is 0.491 e. The molecule has 2 aromatic carbocycles. The Balaban J connectivity index is 1.69. The summed E-state index contributed by atoms with van der Waals surface area (Å²) in [5, 5.41) is 13.3. The number of nitrogens with two attached hydrogens (primary N) is 1. The number of alkyl halides is 3. The van der Waals surface area contributed by atoms with Crippen LogP contribution in [0.2, 0.25) is 5.02 Å². The van der Waals surface area contributed by atoms with Crippen molar-refractivity contribution in [2.45, 2.75) is 12.7 Å². The van der Waals surface area contributed by atoms with Gasteiger partial charge in [-0.15, -0.1) is 0 Å². The van der Waals surface area contributed by atoms with Crippen molar-refractivity contribution >= 4 is 29.3 Å². The number of amides is 1. The van der Waals surface area contributed by atoms with Gasteiger partial charge < -0.3 is 15.8 Å². The summed E-state index contributed by atoms with van der Waals surface area (Å²) < 4.78 is 52.8. The quantitative estimate of drug-likeness (QED) is 0.282. The number of carbonyl (C=O) groups excluding carboxylic acids is 2. The lowest BCUT2D eigenvalue weighted by atomic mass is 10.1. The van der Waals surface area contributed by atoms with Gasteiger partial charge in [-0.3, -0.25) is 9.32 Å². The molecule has 4 aromatic rings. The maximum atomic E-state index is 12.9. The van der Waals surface area contributed by atoms with Crippen molar-refractivity contribution < 1.29 is 36.6 Å². The third kappa shape index (κ3) is 4.96. The molecule has 0 atom stereocenters. The fraction of sp³-hybridized carbons (Fsp3) is 0.100. The molecule has 2 heterocycles. The Kier molecular flexibility index (Phi) is 6.59. The van der Waals surface area contributed by atoms with Crippen LogP contribution in [0, 0.1) is 0 Å². The first-order valence-corrected chi connectivity index (χ1v) is 10.1. The van der Waals surface area contributed by atoms with Gasteiger partial charge in [0.25, 0.3) is 5.91 Å². The predicted molar refractivity (Wildman–Crippen MR) is 114 cm³/mol. The van der Waals surface area contributed by atoms with Crippen LogP contribution in [0.1, 0.15) is 15.9 Å². The predicted octanol–water partition coefficient (Wildman–Crippen LogP) is 2.71. The van der Waals surface area contributed by atoms with Gasteiger partial charge in [0.2, 0.25) is 11.6 Å². The Labute approximate surface area is 202 Å². The van der Waals surface area contributed by atoms with Crippen LogP contribution < -0.4 is 21.5 Å². The average molecular weight is 525 g/mol. The topological polar surface area (TPSA) is 168 Å². The molecule has 36 heavy (non-hydrogen) atoms. The SMILES string of the molecule is NCc1ccc(C(=O)Nc2nonc2-c2noc(=O)n2-c2cccc(Cl)c2)c(OC(=O)C(F)(F)F)c1. The number of halogens is 4. The number of nitrogens with zero attached hydrogens (tertiary/aromatic N) is 4. The van der Waals surface area contributed by atoms with Crippen LogP contribution in [0.15, 0.2) is 56.4 Å². The number of hydrogen-bond donors (Lipinski definition) is 2. The molecule has 2 aromatic heterocycles. The number of esters is 1. The normalized spacial score (nSPS) is 11.4. The van der Waals surface area contributed by atoms with E-state index >= 15 is 0 Å². The molecule has 0 aliphatic heterocycles. The molecular formula is C20H12ClF3N6O6. The van der Waals surface area contributed by atoms with E-state index in [0.717, 1.165) is 16.7 Å². The fourth-order valence-electron chi connectivity index (χ4n) is 2.96. The minimum absolute atomic E-state index is 0.108. The molecular weight excluding hydrogens is 513 g/mol. The van der Waals surface area contributed by atoms with Gasteiger partial charge in [0, 0.05) is 11.6 Å². The smallest absolute Gasteiger partial charge is 0.419 e. The van der Waals surface area contributed by atoms with Crippen LogP contribution >= 0.6 is 11.6 Å². The van der Waals surface area contributed by atoms with Gasteiger partial charge in [-0.1, -0.05) is 28.9 Å². The first kappa shape index (κ1) is 24.6. The zero-order valence-corrected chi connectivity index (χ0v) is 18.3. The van der Waals surface area contributed by atoms with E-state index < -0.39 is 35.1 Å². The summed E-state index contributed by atoms with van der Waals surface area (Å²) in [6.45, 7) is -0.108. The van der Waals surface area contributed by atoms with Crippen molar-refractivity contribution in [3.05, 3.63) is 69.2 Å². The molecule has 0 aliphatic carbocycles. The zero-order valence-electron chi connectivity index (χ0n) is 17.6. The van der Waals surface area contributed by atoms with Crippen molar-refractivity contribution in [3.8, 4) is 23.0 Å². The average Bonchev–Trinajstić information content (AvgIpc) is 3.44. The van der Waals surface area contributed by atoms with Gasteiger partial charge in [0.05, 0.1) is 11.3 Å². The summed E-state index contributed by atoms with van der Waals surface area (Å²) >= 11 is 5.98. The van der Waals surface area contributed by atoms with Gasteiger partial charge in [0.15, 0.2) is 5.69 Å². The van der Waals surface area contributed by atoms with Crippen LogP contribution in [0.25, 0.3) is 17.2 Å². The Morgan fingerprint density at radius 2 is 1.92 bits per heavy atom. The summed E-state index contributed by atoms with van der Waals surface area (Å²) in [5.41, 5.74) is 5.28. The zero-order chi connectivity index (χ0) is 26.0. The van der Waals surface area contributed by atoms with Gasteiger partial charge >= 0.3 is 17.9 Å². The number of nitrogens with one attached hydrogen (secondary N) is 1. The molecule has 0 unspecified atom stereocenters. The summed E-state index contributed by atoms with van der Waals surface area (Å²) in [4.78, 5) is 36.5. The summed E-state index contributed by atoms with van der Waals surface area (Å²) in [6.07, 6.45) is -5.31. The number of hydrogen-bond acceptors (Lipinski definition) is 10. The molecule has 0 radical (unpaired) electrons.